The molecule has 0 aliphatic carbocycles. The number of benzene rings is 1. The van der Waals surface area contributed by atoms with Crippen LogP contribution in [-0.4, -0.2) is 21.9 Å². The standard InChI is InChI=1S/C15H20N4O/c1-4-11(2)17-15(20)18-13-6-5-7-14(10-13)19-12(3)8-9-16-19/h5-11H,4H2,1-3H3,(H2,17,18,20). The van der Waals surface area contributed by atoms with E-state index in [1.807, 2.05) is 55.8 Å². The summed E-state index contributed by atoms with van der Waals surface area (Å²) in [4.78, 5) is 11.8. The number of urea groups is 1. The zero-order chi connectivity index (χ0) is 14.5. The maximum Gasteiger partial charge on any atom is 0.319 e. The van der Waals surface area contributed by atoms with Gasteiger partial charge in [0, 0.05) is 23.6 Å². The van der Waals surface area contributed by atoms with E-state index in [-0.39, 0.29) is 12.1 Å². The van der Waals surface area contributed by atoms with Gasteiger partial charge in [-0.2, -0.15) is 5.10 Å². The first-order valence-corrected chi connectivity index (χ1v) is 6.78. The fraction of sp³-hybridized carbons (Fsp3) is 0.333. The van der Waals surface area contributed by atoms with Crippen molar-refractivity contribution in [2.45, 2.75) is 33.2 Å². The molecule has 1 atom stereocenters. The van der Waals surface area contributed by atoms with Gasteiger partial charge in [-0.15, -0.1) is 0 Å². The molecule has 106 valence electrons. The number of amides is 2. The molecule has 0 radical (unpaired) electrons. The Hall–Kier alpha value is -2.30. The topological polar surface area (TPSA) is 59.0 Å². The third-order valence-electron chi connectivity index (χ3n) is 3.17. The fourth-order valence-electron chi connectivity index (χ4n) is 1.85. The van der Waals surface area contributed by atoms with Crippen molar-refractivity contribution in [1.29, 1.82) is 0 Å². The zero-order valence-electron chi connectivity index (χ0n) is 12.1. The highest BCUT2D eigenvalue weighted by atomic mass is 16.2. The minimum absolute atomic E-state index is 0.159. The van der Waals surface area contributed by atoms with Crippen LogP contribution < -0.4 is 10.6 Å². The largest absolute Gasteiger partial charge is 0.335 e. The quantitative estimate of drug-likeness (QED) is 0.898. The molecule has 1 heterocycles. The van der Waals surface area contributed by atoms with Gasteiger partial charge in [0.25, 0.3) is 0 Å². The molecule has 2 aromatic rings. The normalized spacial score (nSPS) is 11.9. The van der Waals surface area contributed by atoms with Gasteiger partial charge in [-0.1, -0.05) is 13.0 Å². The minimum atomic E-state index is -0.186. The van der Waals surface area contributed by atoms with Gasteiger partial charge in [0.2, 0.25) is 0 Å². The molecular formula is C15H20N4O. The number of nitrogens with zero attached hydrogens (tertiary/aromatic N) is 2. The second-order valence-electron chi connectivity index (χ2n) is 4.84. The summed E-state index contributed by atoms with van der Waals surface area (Å²) in [6.07, 6.45) is 2.66. The van der Waals surface area contributed by atoms with E-state index in [2.05, 4.69) is 15.7 Å². The number of nitrogens with one attached hydrogen (secondary N) is 2. The Morgan fingerprint density at radius 1 is 1.40 bits per heavy atom. The molecule has 2 N–H and O–H groups in total. The van der Waals surface area contributed by atoms with Crippen LogP contribution in [0.1, 0.15) is 26.0 Å². The van der Waals surface area contributed by atoms with E-state index in [0.29, 0.717) is 0 Å². The highest BCUT2D eigenvalue weighted by Crippen LogP contribution is 2.15. The Balaban J connectivity index is 2.11. The predicted molar refractivity (Wildman–Crippen MR) is 80.2 cm³/mol. The molecule has 2 amide bonds. The van der Waals surface area contributed by atoms with Gasteiger partial charge in [-0.3, -0.25) is 0 Å². The molecule has 1 unspecified atom stereocenters. The monoisotopic (exact) mass is 272 g/mol. The molecule has 0 fully saturated rings. The minimum Gasteiger partial charge on any atom is -0.335 e. The number of aromatic nitrogens is 2. The van der Waals surface area contributed by atoms with Crippen LogP contribution in [0.15, 0.2) is 36.5 Å². The number of anilines is 1. The van der Waals surface area contributed by atoms with Gasteiger partial charge in [0.05, 0.1) is 5.69 Å². The summed E-state index contributed by atoms with van der Waals surface area (Å²) >= 11 is 0. The van der Waals surface area contributed by atoms with Crippen LogP contribution in [0.5, 0.6) is 0 Å². The highest BCUT2D eigenvalue weighted by Gasteiger charge is 2.07. The second kappa shape index (κ2) is 6.23. The van der Waals surface area contributed by atoms with Crippen LogP contribution >= 0.6 is 0 Å². The molecule has 0 saturated carbocycles. The molecule has 20 heavy (non-hydrogen) atoms. The maximum atomic E-state index is 11.8. The van der Waals surface area contributed by atoms with Crippen LogP contribution in [0.4, 0.5) is 10.5 Å². The van der Waals surface area contributed by atoms with Crippen molar-refractivity contribution in [3.05, 3.63) is 42.2 Å². The van der Waals surface area contributed by atoms with E-state index in [1.165, 1.54) is 0 Å². The van der Waals surface area contributed by atoms with Crippen LogP contribution in [0, 0.1) is 6.92 Å². The molecule has 5 nitrogen and oxygen atoms in total. The lowest BCUT2D eigenvalue weighted by molar-refractivity contribution is 0.249. The number of rotatable bonds is 4. The number of hydrogen-bond donors (Lipinski definition) is 2. The van der Waals surface area contributed by atoms with Crippen molar-refractivity contribution in [1.82, 2.24) is 15.1 Å². The van der Waals surface area contributed by atoms with Gasteiger partial charge in [0.1, 0.15) is 0 Å². The number of carbonyl (C=O) groups excluding carboxylic acids is 1. The van der Waals surface area contributed by atoms with Crippen LogP contribution in [-0.2, 0) is 0 Å². The van der Waals surface area contributed by atoms with Gasteiger partial charge >= 0.3 is 6.03 Å². The molecule has 0 spiro atoms. The summed E-state index contributed by atoms with van der Waals surface area (Å²) < 4.78 is 1.83. The maximum absolute atomic E-state index is 11.8. The predicted octanol–water partition coefficient (Wildman–Crippen LogP) is 3.10. The Kier molecular flexibility index (Phi) is 4.40. The number of aryl methyl sites for hydroxylation is 1. The van der Waals surface area contributed by atoms with Crippen LogP contribution in [0.2, 0.25) is 0 Å². The van der Waals surface area contributed by atoms with Crippen molar-refractivity contribution in [2.24, 2.45) is 0 Å². The second-order valence-corrected chi connectivity index (χ2v) is 4.84. The van der Waals surface area contributed by atoms with Gasteiger partial charge in [-0.05, 0) is 44.5 Å². The average molecular weight is 272 g/mol. The van der Waals surface area contributed by atoms with E-state index in [0.717, 1.165) is 23.5 Å². The molecule has 0 aliphatic heterocycles. The molecular weight excluding hydrogens is 252 g/mol. The molecule has 0 bridgehead atoms. The smallest absolute Gasteiger partial charge is 0.319 e. The van der Waals surface area contributed by atoms with Crippen molar-refractivity contribution in [2.75, 3.05) is 5.32 Å². The zero-order valence-corrected chi connectivity index (χ0v) is 12.1. The summed E-state index contributed by atoms with van der Waals surface area (Å²) in [7, 11) is 0. The van der Waals surface area contributed by atoms with E-state index in [4.69, 9.17) is 0 Å². The molecule has 2 rings (SSSR count). The Bertz CT molecular complexity index is 591. The summed E-state index contributed by atoms with van der Waals surface area (Å²) in [5, 5.41) is 9.97. The van der Waals surface area contributed by atoms with Crippen LogP contribution in [0.25, 0.3) is 5.69 Å². The lowest BCUT2D eigenvalue weighted by atomic mass is 10.2. The van der Waals surface area contributed by atoms with Gasteiger partial charge in [-0.25, -0.2) is 9.48 Å². The fourth-order valence-corrected chi connectivity index (χ4v) is 1.85. The Labute approximate surface area is 119 Å². The molecule has 5 heteroatoms. The summed E-state index contributed by atoms with van der Waals surface area (Å²) in [5.74, 6) is 0. The van der Waals surface area contributed by atoms with Gasteiger partial charge in [0.15, 0.2) is 0 Å². The lowest BCUT2D eigenvalue weighted by Crippen LogP contribution is -2.35. The summed E-state index contributed by atoms with van der Waals surface area (Å²) in [5.41, 5.74) is 2.72. The van der Waals surface area contributed by atoms with Crippen molar-refractivity contribution in [3.63, 3.8) is 0 Å². The third-order valence-corrected chi connectivity index (χ3v) is 3.17. The van der Waals surface area contributed by atoms with E-state index in [1.54, 1.807) is 6.20 Å². The molecule has 0 aliphatic rings. The first-order chi connectivity index (χ1) is 9.60. The first kappa shape index (κ1) is 14.1. The summed E-state index contributed by atoms with van der Waals surface area (Å²) in [6, 6.07) is 9.53. The van der Waals surface area contributed by atoms with Crippen molar-refractivity contribution >= 4 is 11.7 Å². The molecule has 0 saturated heterocycles. The van der Waals surface area contributed by atoms with Gasteiger partial charge < -0.3 is 10.6 Å². The van der Waals surface area contributed by atoms with Crippen molar-refractivity contribution in [3.8, 4) is 5.69 Å². The molecule has 1 aromatic heterocycles. The summed E-state index contributed by atoms with van der Waals surface area (Å²) in [6.45, 7) is 6.00. The molecule has 1 aromatic carbocycles. The Morgan fingerprint density at radius 2 is 2.20 bits per heavy atom. The van der Waals surface area contributed by atoms with E-state index in [9.17, 15) is 4.79 Å². The van der Waals surface area contributed by atoms with E-state index < -0.39 is 0 Å². The Morgan fingerprint density at radius 3 is 2.85 bits per heavy atom. The van der Waals surface area contributed by atoms with Crippen LogP contribution in [0.3, 0.4) is 0 Å². The van der Waals surface area contributed by atoms with Crippen molar-refractivity contribution < 1.29 is 4.79 Å². The highest BCUT2D eigenvalue weighted by molar-refractivity contribution is 5.89. The number of hydrogen-bond acceptors (Lipinski definition) is 2. The third kappa shape index (κ3) is 3.38. The average Bonchev–Trinajstić information content (AvgIpc) is 2.85. The SMILES string of the molecule is CCC(C)NC(=O)Nc1cccc(-n2nccc2C)c1. The lowest BCUT2D eigenvalue weighted by Gasteiger charge is -2.13. The first-order valence-electron chi connectivity index (χ1n) is 6.78. The number of carbonyl (C=O) groups is 1. The van der Waals surface area contributed by atoms with E-state index >= 15 is 0 Å².